The molecule has 0 radical (unpaired) electrons. The molecule has 0 unspecified atom stereocenters. The SMILES string of the molecule is c1ccc(-c2cc(-c3cccc(-c4nc(-c5ccccc5)nc(-c5cc(-c6cccc7oc8ccccc8c67)cc6ccccc56)n4)c3)c3ccccc3c2)cc1. The summed E-state index contributed by atoms with van der Waals surface area (Å²) in [6.07, 6.45) is 0. The molecule has 266 valence electrons. The van der Waals surface area contributed by atoms with E-state index in [1.54, 1.807) is 0 Å². The summed E-state index contributed by atoms with van der Waals surface area (Å²) >= 11 is 0. The number of rotatable bonds is 6. The molecule has 11 rings (SSSR count). The van der Waals surface area contributed by atoms with Crippen molar-refractivity contribution in [3.8, 4) is 67.5 Å². The van der Waals surface area contributed by atoms with Gasteiger partial charge in [-0.15, -0.1) is 0 Å². The van der Waals surface area contributed by atoms with E-state index in [1.165, 1.54) is 21.9 Å². The summed E-state index contributed by atoms with van der Waals surface area (Å²) in [5, 5.41) is 6.74. The number of para-hydroxylation sites is 1. The molecule has 0 spiro atoms. The number of hydrogen-bond acceptors (Lipinski definition) is 4. The molecule has 0 fully saturated rings. The largest absolute Gasteiger partial charge is 0.456 e. The Labute approximate surface area is 329 Å². The van der Waals surface area contributed by atoms with E-state index in [2.05, 4.69) is 164 Å². The van der Waals surface area contributed by atoms with Crippen molar-refractivity contribution in [2.75, 3.05) is 0 Å². The van der Waals surface area contributed by atoms with Gasteiger partial charge in [-0.2, -0.15) is 0 Å². The van der Waals surface area contributed by atoms with E-state index in [0.717, 1.165) is 71.7 Å². The maximum absolute atomic E-state index is 6.31. The minimum Gasteiger partial charge on any atom is -0.456 e. The molecule has 0 amide bonds. The second-order valence-electron chi connectivity index (χ2n) is 14.4. The Morgan fingerprint density at radius 1 is 0.281 bits per heavy atom. The first-order valence-electron chi connectivity index (χ1n) is 19.2. The lowest BCUT2D eigenvalue weighted by molar-refractivity contribution is 0.669. The maximum Gasteiger partial charge on any atom is 0.164 e. The third-order valence-electron chi connectivity index (χ3n) is 10.9. The Kier molecular flexibility index (Phi) is 7.78. The van der Waals surface area contributed by atoms with Gasteiger partial charge in [-0.05, 0) is 97.4 Å². The van der Waals surface area contributed by atoms with E-state index < -0.39 is 0 Å². The van der Waals surface area contributed by atoms with Gasteiger partial charge in [0.05, 0.1) is 0 Å². The molecule has 0 bridgehead atoms. The van der Waals surface area contributed by atoms with Crippen LogP contribution in [0.1, 0.15) is 0 Å². The van der Waals surface area contributed by atoms with Gasteiger partial charge < -0.3 is 4.42 Å². The van der Waals surface area contributed by atoms with Crippen molar-refractivity contribution in [3.05, 3.63) is 200 Å². The second kappa shape index (κ2) is 13.6. The van der Waals surface area contributed by atoms with Crippen LogP contribution in [0.2, 0.25) is 0 Å². The van der Waals surface area contributed by atoms with Gasteiger partial charge in [-0.3, -0.25) is 0 Å². The van der Waals surface area contributed by atoms with Crippen molar-refractivity contribution in [3.63, 3.8) is 0 Å². The second-order valence-corrected chi connectivity index (χ2v) is 14.4. The molecule has 2 heterocycles. The summed E-state index contributed by atoms with van der Waals surface area (Å²) in [6, 6.07) is 70.0. The number of hydrogen-bond donors (Lipinski definition) is 0. The third-order valence-corrected chi connectivity index (χ3v) is 10.9. The minimum atomic E-state index is 0.613. The Bertz CT molecular complexity index is 3300. The molecular weight excluding hydrogens is 695 g/mol. The van der Waals surface area contributed by atoms with Crippen LogP contribution in [0, 0.1) is 0 Å². The van der Waals surface area contributed by atoms with Crippen LogP contribution >= 0.6 is 0 Å². The van der Waals surface area contributed by atoms with Crippen LogP contribution < -0.4 is 0 Å². The van der Waals surface area contributed by atoms with Crippen LogP contribution in [-0.2, 0) is 0 Å². The first-order valence-corrected chi connectivity index (χ1v) is 19.2. The highest BCUT2D eigenvalue weighted by atomic mass is 16.3. The van der Waals surface area contributed by atoms with E-state index in [1.807, 2.05) is 36.4 Å². The van der Waals surface area contributed by atoms with Gasteiger partial charge in [-0.25, -0.2) is 15.0 Å². The summed E-state index contributed by atoms with van der Waals surface area (Å²) in [5.74, 6) is 1.85. The molecule has 0 saturated heterocycles. The van der Waals surface area contributed by atoms with E-state index in [4.69, 9.17) is 19.4 Å². The van der Waals surface area contributed by atoms with Crippen molar-refractivity contribution in [2.24, 2.45) is 0 Å². The van der Waals surface area contributed by atoms with Crippen LogP contribution in [0.3, 0.4) is 0 Å². The number of fused-ring (bicyclic) bond motifs is 5. The maximum atomic E-state index is 6.31. The predicted octanol–water partition coefficient (Wildman–Crippen LogP) is 14.1. The zero-order valence-electron chi connectivity index (χ0n) is 30.8. The molecule has 4 heteroatoms. The Hall–Kier alpha value is -7.69. The molecule has 0 N–H and O–H groups in total. The van der Waals surface area contributed by atoms with Gasteiger partial charge in [0.2, 0.25) is 0 Å². The van der Waals surface area contributed by atoms with Crippen molar-refractivity contribution >= 4 is 43.5 Å². The molecule has 0 saturated carbocycles. The average Bonchev–Trinajstić information content (AvgIpc) is 3.68. The fourth-order valence-electron chi connectivity index (χ4n) is 8.18. The van der Waals surface area contributed by atoms with Gasteiger partial charge in [0.1, 0.15) is 11.2 Å². The van der Waals surface area contributed by atoms with Crippen LogP contribution in [0.4, 0.5) is 0 Å². The summed E-state index contributed by atoms with van der Waals surface area (Å²) < 4.78 is 6.31. The molecule has 0 aliphatic heterocycles. The molecule has 4 nitrogen and oxygen atoms in total. The van der Waals surface area contributed by atoms with E-state index in [0.29, 0.717) is 17.5 Å². The van der Waals surface area contributed by atoms with Crippen LogP contribution in [0.15, 0.2) is 205 Å². The lowest BCUT2D eigenvalue weighted by atomic mass is 9.92. The lowest BCUT2D eigenvalue weighted by Gasteiger charge is -2.14. The van der Waals surface area contributed by atoms with Crippen molar-refractivity contribution < 1.29 is 4.42 Å². The standard InChI is InChI=1S/C53H33N3O/c1-3-15-34(16-4-1)40-30-36-19-7-9-23-42(36)46(32-40)38-21-13-22-39(29-38)52-54-51(35-17-5-2-6-18-35)55-53(56-52)47-33-41(31-37-20-8-10-24-43(37)47)44-26-14-28-49-50(44)45-25-11-12-27-48(45)57-49/h1-33H. The zero-order chi connectivity index (χ0) is 37.7. The first kappa shape index (κ1) is 32.7. The summed E-state index contributed by atoms with van der Waals surface area (Å²) in [6.45, 7) is 0. The Morgan fingerprint density at radius 3 is 1.58 bits per heavy atom. The Balaban J connectivity index is 1.12. The normalized spacial score (nSPS) is 11.5. The van der Waals surface area contributed by atoms with E-state index >= 15 is 0 Å². The molecule has 0 aliphatic rings. The van der Waals surface area contributed by atoms with Crippen LogP contribution in [0.25, 0.3) is 111 Å². The van der Waals surface area contributed by atoms with Gasteiger partial charge >= 0.3 is 0 Å². The van der Waals surface area contributed by atoms with Gasteiger partial charge in [-0.1, -0.05) is 158 Å². The predicted molar refractivity (Wildman–Crippen MR) is 235 cm³/mol. The average molecular weight is 728 g/mol. The number of benzene rings is 9. The first-order chi connectivity index (χ1) is 28.2. The minimum absolute atomic E-state index is 0.613. The fraction of sp³-hybridized carbons (Fsp3) is 0. The van der Waals surface area contributed by atoms with E-state index in [9.17, 15) is 0 Å². The summed E-state index contributed by atoms with van der Waals surface area (Å²) in [7, 11) is 0. The lowest BCUT2D eigenvalue weighted by Crippen LogP contribution is -2.01. The molecule has 9 aromatic carbocycles. The summed E-state index contributed by atoms with van der Waals surface area (Å²) in [4.78, 5) is 15.7. The highest BCUT2D eigenvalue weighted by molar-refractivity contribution is 6.13. The zero-order valence-corrected chi connectivity index (χ0v) is 30.8. The van der Waals surface area contributed by atoms with Gasteiger partial charge in [0, 0.05) is 27.5 Å². The molecule has 2 aromatic heterocycles. The highest BCUT2D eigenvalue weighted by Crippen LogP contribution is 2.41. The number of nitrogens with zero attached hydrogens (tertiary/aromatic N) is 3. The quantitative estimate of drug-likeness (QED) is 0.171. The van der Waals surface area contributed by atoms with E-state index in [-0.39, 0.29) is 0 Å². The topological polar surface area (TPSA) is 51.8 Å². The Morgan fingerprint density at radius 2 is 0.807 bits per heavy atom. The molecule has 0 aliphatic carbocycles. The number of furan rings is 1. The van der Waals surface area contributed by atoms with Crippen LogP contribution in [0.5, 0.6) is 0 Å². The van der Waals surface area contributed by atoms with Crippen LogP contribution in [-0.4, -0.2) is 15.0 Å². The molecule has 11 aromatic rings. The smallest absolute Gasteiger partial charge is 0.164 e. The number of aromatic nitrogens is 3. The molecule has 0 atom stereocenters. The van der Waals surface area contributed by atoms with Gasteiger partial charge in [0.25, 0.3) is 0 Å². The van der Waals surface area contributed by atoms with Crippen molar-refractivity contribution in [1.82, 2.24) is 15.0 Å². The van der Waals surface area contributed by atoms with Gasteiger partial charge in [0.15, 0.2) is 17.5 Å². The molecular formula is C53H33N3O. The monoisotopic (exact) mass is 727 g/mol. The molecule has 57 heavy (non-hydrogen) atoms. The third kappa shape index (κ3) is 5.83. The summed E-state index contributed by atoms with van der Waals surface area (Å²) in [5.41, 5.74) is 11.3. The fourth-order valence-corrected chi connectivity index (χ4v) is 8.18. The highest BCUT2D eigenvalue weighted by Gasteiger charge is 2.19. The van der Waals surface area contributed by atoms with Crippen molar-refractivity contribution in [2.45, 2.75) is 0 Å². The van der Waals surface area contributed by atoms with Crippen molar-refractivity contribution in [1.29, 1.82) is 0 Å².